The van der Waals surface area contributed by atoms with E-state index in [9.17, 15) is 4.79 Å². The van der Waals surface area contributed by atoms with E-state index in [0.717, 1.165) is 30.4 Å². The molecule has 0 N–H and O–H groups in total. The number of amides is 1. The smallest absolute Gasteiger partial charge is 0.410 e. The first kappa shape index (κ1) is 20.2. The van der Waals surface area contributed by atoms with E-state index in [1.165, 1.54) is 5.56 Å². The molecule has 2 aromatic rings. The SMILES string of the molecule is CCc1ccc(-c2cncc(OCC3(N(C)C(=O)OC(C)(C)C)CC3)c2)cc1. The first-order chi connectivity index (χ1) is 13.2. The molecule has 1 saturated carbocycles. The number of benzene rings is 1. The highest BCUT2D eigenvalue weighted by Gasteiger charge is 2.50. The molecule has 3 rings (SSSR count). The van der Waals surface area contributed by atoms with Crippen molar-refractivity contribution >= 4 is 6.09 Å². The van der Waals surface area contributed by atoms with Gasteiger partial charge in [-0.15, -0.1) is 0 Å². The lowest BCUT2D eigenvalue weighted by Gasteiger charge is -2.30. The van der Waals surface area contributed by atoms with Gasteiger partial charge in [-0.2, -0.15) is 0 Å². The summed E-state index contributed by atoms with van der Waals surface area (Å²) >= 11 is 0. The van der Waals surface area contributed by atoms with Gasteiger partial charge in [0.15, 0.2) is 0 Å². The van der Waals surface area contributed by atoms with Crippen molar-refractivity contribution in [3.63, 3.8) is 0 Å². The van der Waals surface area contributed by atoms with E-state index >= 15 is 0 Å². The van der Waals surface area contributed by atoms with Gasteiger partial charge in [0.2, 0.25) is 0 Å². The van der Waals surface area contributed by atoms with Gasteiger partial charge in [0.1, 0.15) is 18.0 Å². The van der Waals surface area contributed by atoms with Gasteiger partial charge in [0.05, 0.1) is 11.7 Å². The first-order valence-electron chi connectivity index (χ1n) is 9.86. The van der Waals surface area contributed by atoms with Crippen LogP contribution in [0.4, 0.5) is 4.79 Å². The fourth-order valence-corrected chi connectivity index (χ4v) is 3.05. The number of carbonyl (C=O) groups is 1. The monoisotopic (exact) mass is 382 g/mol. The fourth-order valence-electron chi connectivity index (χ4n) is 3.05. The summed E-state index contributed by atoms with van der Waals surface area (Å²) in [5.74, 6) is 0.709. The van der Waals surface area contributed by atoms with Crippen molar-refractivity contribution in [2.24, 2.45) is 0 Å². The summed E-state index contributed by atoms with van der Waals surface area (Å²) < 4.78 is 11.5. The zero-order valence-electron chi connectivity index (χ0n) is 17.5. The molecular weight excluding hydrogens is 352 g/mol. The number of hydrogen-bond acceptors (Lipinski definition) is 4. The van der Waals surface area contributed by atoms with Crippen LogP contribution in [0.1, 0.15) is 46.1 Å². The van der Waals surface area contributed by atoms with E-state index in [4.69, 9.17) is 9.47 Å². The molecule has 0 radical (unpaired) electrons. The third-order valence-corrected chi connectivity index (χ3v) is 5.12. The van der Waals surface area contributed by atoms with Crippen LogP contribution in [-0.4, -0.2) is 40.8 Å². The standard InChI is InChI=1S/C23H30N2O3/c1-6-17-7-9-18(10-8-17)19-13-20(15-24-14-19)27-16-23(11-12-23)25(5)21(26)28-22(2,3)4/h7-10,13-15H,6,11-12,16H2,1-5H3. The van der Waals surface area contributed by atoms with Crippen LogP contribution in [0.25, 0.3) is 11.1 Å². The first-order valence-corrected chi connectivity index (χ1v) is 9.86. The number of hydrogen-bond donors (Lipinski definition) is 0. The Labute approximate surface area is 167 Å². The third kappa shape index (κ3) is 4.83. The highest BCUT2D eigenvalue weighted by molar-refractivity contribution is 5.69. The van der Waals surface area contributed by atoms with Crippen molar-refractivity contribution in [3.8, 4) is 16.9 Å². The molecule has 5 nitrogen and oxygen atoms in total. The molecule has 1 aromatic heterocycles. The third-order valence-electron chi connectivity index (χ3n) is 5.12. The topological polar surface area (TPSA) is 51.7 Å². The molecule has 28 heavy (non-hydrogen) atoms. The molecule has 1 amide bonds. The average Bonchev–Trinajstić information content (AvgIpc) is 3.46. The number of likely N-dealkylation sites (N-methyl/N-ethyl adjacent to an activating group) is 1. The molecule has 1 fully saturated rings. The van der Waals surface area contributed by atoms with Crippen LogP contribution in [-0.2, 0) is 11.2 Å². The van der Waals surface area contributed by atoms with Crippen molar-refractivity contribution in [2.45, 2.75) is 58.1 Å². The summed E-state index contributed by atoms with van der Waals surface area (Å²) in [6.07, 6.45) is 6.09. The molecule has 5 heteroatoms. The van der Waals surface area contributed by atoms with E-state index in [2.05, 4.69) is 36.2 Å². The molecule has 0 bridgehead atoms. The lowest BCUT2D eigenvalue weighted by atomic mass is 10.0. The molecule has 0 spiro atoms. The van der Waals surface area contributed by atoms with Crippen LogP contribution in [0, 0.1) is 0 Å². The highest BCUT2D eigenvalue weighted by Crippen LogP contribution is 2.42. The Hall–Kier alpha value is -2.56. The second-order valence-corrected chi connectivity index (χ2v) is 8.51. The second kappa shape index (κ2) is 7.82. The lowest BCUT2D eigenvalue weighted by Crippen LogP contribution is -2.45. The normalized spacial score (nSPS) is 15.0. The Morgan fingerprint density at radius 3 is 2.39 bits per heavy atom. The van der Waals surface area contributed by atoms with E-state index in [-0.39, 0.29) is 11.6 Å². The Morgan fingerprint density at radius 1 is 1.14 bits per heavy atom. The number of ether oxygens (including phenoxy) is 2. The maximum Gasteiger partial charge on any atom is 0.410 e. The number of aromatic nitrogens is 1. The average molecular weight is 383 g/mol. The maximum atomic E-state index is 12.4. The van der Waals surface area contributed by atoms with Crippen LogP contribution in [0.15, 0.2) is 42.7 Å². The van der Waals surface area contributed by atoms with Crippen LogP contribution in [0.5, 0.6) is 5.75 Å². The van der Waals surface area contributed by atoms with Crippen molar-refractivity contribution in [2.75, 3.05) is 13.7 Å². The van der Waals surface area contributed by atoms with E-state index in [1.807, 2.05) is 33.0 Å². The van der Waals surface area contributed by atoms with Crippen molar-refractivity contribution < 1.29 is 14.3 Å². The second-order valence-electron chi connectivity index (χ2n) is 8.51. The highest BCUT2D eigenvalue weighted by atomic mass is 16.6. The van der Waals surface area contributed by atoms with E-state index in [0.29, 0.717) is 12.4 Å². The minimum Gasteiger partial charge on any atom is -0.490 e. The number of nitrogens with zero attached hydrogens (tertiary/aromatic N) is 2. The van der Waals surface area contributed by atoms with Crippen LogP contribution in [0.3, 0.4) is 0 Å². The zero-order valence-corrected chi connectivity index (χ0v) is 17.5. The Morgan fingerprint density at radius 2 is 1.82 bits per heavy atom. The van der Waals surface area contributed by atoms with Gasteiger partial charge < -0.3 is 14.4 Å². The van der Waals surface area contributed by atoms with Gasteiger partial charge in [0, 0.05) is 18.8 Å². The van der Waals surface area contributed by atoms with Gasteiger partial charge in [-0.1, -0.05) is 31.2 Å². The molecule has 1 heterocycles. The molecule has 0 atom stereocenters. The van der Waals surface area contributed by atoms with Crippen LogP contribution in [0.2, 0.25) is 0 Å². The summed E-state index contributed by atoms with van der Waals surface area (Å²) in [6.45, 7) is 8.20. The molecular formula is C23H30N2O3. The van der Waals surface area contributed by atoms with Crippen molar-refractivity contribution in [1.82, 2.24) is 9.88 Å². The van der Waals surface area contributed by atoms with E-state index < -0.39 is 5.60 Å². The number of rotatable bonds is 6. The Kier molecular flexibility index (Phi) is 5.64. The summed E-state index contributed by atoms with van der Waals surface area (Å²) in [5, 5.41) is 0. The molecule has 0 saturated heterocycles. The molecule has 0 unspecified atom stereocenters. The van der Waals surface area contributed by atoms with Gasteiger partial charge in [0.25, 0.3) is 0 Å². The largest absolute Gasteiger partial charge is 0.490 e. The van der Waals surface area contributed by atoms with Gasteiger partial charge in [-0.25, -0.2) is 4.79 Å². The number of carbonyl (C=O) groups excluding carboxylic acids is 1. The predicted octanol–water partition coefficient (Wildman–Crippen LogP) is 5.09. The summed E-state index contributed by atoms with van der Waals surface area (Å²) in [4.78, 5) is 18.4. The predicted molar refractivity (Wildman–Crippen MR) is 111 cm³/mol. The van der Waals surface area contributed by atoms with Gasteiger partial charge >= 0.3 is 6.09 Å². The molecule has 1 aliphatic rings. The summed E-state index contributed by atoms with van der Waals surface area (Å²) in [7, 11) is 1.79. The molecule has 150 valence electrons. The fraction of sp³-hybridized carbons (Fsp3) is 0.478. The minimum absolute atomic E-state index is 0.291. The van der Waals surface area contributed by atoms with Gasteiger partial charge in [-0.05, 0) is 57.2 Å². The Bertz CT molecular complexity index is 820. The Balaban J connectivity index is 1.65. The van der Waals surface area contributed by atoms with E-state index in [1.54, 1.807) is 18.1 Å². The summed E-state index contributed by atoms with van der Waals surface area (Å²) in [6, 6.07) is 10.5. The summed E-state index contributed by atoms with van der Waals surface area (Å²) in [5.41, 5.74) is 2.65. The number of aryl methyl sites for hydroxylation is 1. The molecule has 1 aliphatic carbocycles. The van der Waals surface area contributed by atoms with Crippen LogP contribution >= 0.6 is 0 Å². The molecule has 0 aliphatic heterocycles. The minimum atomic E-state index is -0.506. The van der Waals surface area contributed by atoms with Gasteiger partial charge in [-0.3, -0.25) is 4.98 Å². The lowest BCUT2D eigenvalue weighted by molar-refractivity contribution is 0.0139. The zero-order chi connectivity index (χ0) is 20.4. The maximum absolute atomic E-state index is 12.4. The quantitative estimate of drug-likeness (QED) is 0.698. The van der Waals surface area contributed by atoms with Crippen LogP contribution < -0.4 is 4.74 Å². The van der Waals surface area contributed by atoms with Crippen molar-refractivity contribution in [1.29, 1.82) is 0 Å². The number of pyridine rings is 1. The van der Waals surface area contributed by atoms with Crippen molar-refractivity contribution in [3.05, 3.63) is 48.3 Å². The molecule has 1 aromatic carbocycles.